The predicted molar refractivity (Wildman–Crippen MR) is 126 cm³/mol. The molecular weight excluding hydrogens is 470 g/mol. The van der Waals surface area contributed by atoms with E-state index in [0.717, 1.165) is 12.8 Å². The van der Waals surface area contributed by atoms with E-state index < -0.39 is 48.2 Å². The highest BCUT2D eigenvalue weighted by Crippen LogP contribution is 2.44. The number of amides is 3. The van der Waals surface area contributed by atoms with E-state index in [1.165, 1.54) is 0 Å². The fraction of sp³-hybridized carbons (Fsp3) is 0.640. The minimum absolute atomic E-state index is 0.118. The van der Waals surface area contributed by atoms with E-state index in [1.54, 1.807) is 39.8 Å². The summed E-state index contributed by atoms with van der Waals surface area (Å²) in [4.78, 5) is 37.1. The molecule has 3 heterocycles. The standard InChI is InChI=1S/C25H35N3O8/c1-24(2)33-17-18(34-24)20-23(36-25(3,4)35-20)32-19(17)22(31)28-27-16(29)13-9-6-10-14-26-21(30)15-11-7-5-8-12-15/h5,7-8,11-12,17-20,23H,6,9-10,13-14H2,1-4H3,(H,26,30)(H,27,29)(H,28,31)/t17-,18+,19+,20-,23+/m1/s1. The zero-order valence-electron chi connectivity index (χ0n) is 21.1. The van der Waals surface area contributed by atoms with Crippen molar-refractivity contribution in [2.45, 2.75) is 95.7 Å². The third-order valence-electron chi connectivity index (χ3n) is 6.14. The monoisotopic (exact) mass is 505 g/mol. The number of fused-ring (bicyclic) bond motifs is 3. The summed E-state index contributed by atoms with van der Waals surface area (Å²) in [6.45, 7) is 7.56. The van der Waals surface area contributed by atoms with Crippen LogP contribution in [0.4, 0.5) is 0 Å². The van der Waals surface area contributed by atoms with E-state index in [0.29, 0.717) is 18.5 Å². The fourth-order valence-corrected chi connectivity index (χ4v) is 4.57. The van der Waals surface area contributed by atoms with E-state index >= 15 is 0 Å². The van der Waals surface area contributed by atoms with Crippen LogP contribution in [-0.4, -0.2) is 66.5 Å². The summed E-state index contributed by atoms with van der Waals surface area (Å²) < 4.78 is 29.5. The Morgan fingerprint density at radius 3 is 2.22 bits per heavy atom. The van der Waals surface area contributed by atoms with Crippen molar-refractivity contribution in [2.24, 2.45) is 0 Å². The zero-order valence-corrected chi connectivity index (χ0v) is 21.1. The number of hydrogen-bond donors (Lipinski definition) is 3. The Kier molecular flexibility index (Phi) is 7.96. The van der Waals surface area contributed by atoms with Crippen LogP contribution in [0.1, 0.15) is 63.7 Å². The molecule has 36 heavy (non-hydrogen) atoms. The van der Waals surface area contributed by atoms with Crippen molar-refractivity contribution in [2.75, 3.05) is 6.54 Å². The molecule has 0 bridgehead atoms. The van der Waals surface area contributed by atoms with Crippen LogP contribution < -0.4 is 16.2 Å². The average Bonchev–Trinajstić information content (AvgIpc) is 3.33. The third kappa shape index (κ3) is 6.40. The Balaban J connectivity index is 1.17. The average molecular weight is 506 g/mol. The van der Waals surface area contributed by atoms with Gasteiger partial charge in [0.15, 0.2) is 24.0 Å². The molecule has 3 amide bonds. The van der Waals surface area contributed by atoms with Crippen LogP contribution in [0.2, 0.25) is 0 Å². The second-order valence-corrected chi connectivity index (χ2v) is 10.1. The quantitative estimate of drug-likeness (QED) is 0.358. The minimum Gasteiger partial charge on any atom is -0.352 e. The lowest BCUT2D eigenvalue weighted by atomic mass is 9.98. The molecule has 3 aliphatic heterocycles. The molecule has 3 saturated heterocycles. The Hall–Kier alpha value is -2.57. The molecule has 1 aromatic carbocycles. The van der Waals surface area contributed by atoms with E-state index in [4.69, 9.17) is 23.7 Å². The van der Waals surface area contributed by atoms with Gasteiger partial charge in [0.25, 0.3) is 11.8 Å². The van der Waals surface area contributed by atoms with Crippen LogP contribution in [-0.2, 0) is 33.3 Å². The second kappa shape index (κ2) is 10.8. The molecule has 4 rings (SSSR count). The Bertz CT molecular complexity index is 954. The van der Waals surface area contributed by atoms with E-state index in [2.05, 4.69) is 16.2 Å². The first-order valence-corrected chi connectivity index (χ1v) is 12.3. The van der Waals surface area contributed by atoms with Gasteiger partial charge in [0.05, 0.1) is 0 Å². The second-order valence-electron chi connectivity index (χ2n) is 10.1. The van der Waals surface area contributed by atoms with Crippen molar-refractivity contribution < 1.29 is 38.1 Å². The van der Waals surface area contributed by atoms with Gasteiger partial charge in [-0.1, -0.05) is 24.6 Å². The highest BCUT2D eigenvalue weighted by molar-refractivity contribution is 5.94. The molecular formula is C25H35N3O8. The van der Waals surface area contributed by atoms with Crippen molar-refractivity contribution in [3.05, 3.63) is 35.9 Å². The number of ether oxygens (including phenoxy) is 5. The van der Waals surface area contributed by atoms with E-state index in [9.17, 15) is 14.4 Å². The van der Waals surface area contributed by atoms with Crippen molar-refractivity contribution in [3.63, 3.8) is 0 Å². The highest BCUT2D eigenvalue weighted by Gasteiger charge is 2.62. The number of nitrogens with one attached hydrogen (secondary N) is 3. The molecule has 3 aliphatic rings. The van der Waals surface area contributed by atoms with Gasteiger partial charge in [-0.2, -0.15) is 0 Å². The molecule has 0 saturated carbocycles. The maximum Gasteiger partial charge on any atom is 0.270 e. The Labute approximate surface area is 210 Å². The number of carbonyl (C=O) groups excluding carboxylic acids is 3. The molecule has 11 heteroatoms. The van der Waals surface area contributed by atoms with Gasteiger partial charge >= 0.3 is 0 Å². The van der Waals surface area contributed by atoms with Gasteiger partial charge < -0.3 is 29.0 Å². The molecule has 0 radical (unpaired) electrons. The summed E-state index contributed by atoms with van der Waals surface area (Å²) in [6, 6.07) is 9.00. The molecule has 0 aliphatic carbocycles. The lowest BCUT2D eigenvalue weighted by Crippen LogP contribution is -2.61. The van der Waals surface area contributed by atoms with Gasteiger partial charge in [0.1, 0.15) is 18.3 Å². The van der Waals surface area contributed by atoms with Crippen molar-refractivity contribution in [1.29, 1.82) is 0 Å². The molecule has 5 atom stereocenters. The summed E-state index contributed by atoms with van der Waals surface area (Å²) in [5, 5.41) is 2.86. The zero-order chi connectivity index (χ0) is 25.9. The largest absolute Gasteiger partial charge is 0.352 e. The first-order chi connectivity index (χ1) is 17.0. The number of carbonyl (C=O) groups is 3. The molecule has 0 unspecified atom stereocenters. The lowest BCUT2D eigenvalue weighted by Gasteiger charge is -2.36. The van der Waals surface area contributed by atoms with Gasteiger partial charge in [-0.05, 0) is 52.7 Å². The summed E-state index contributed by atoms with van der Waals surface area (Å²) >= 11 is 0. The molecule has 0 spiro atoms. The van der Waals surface area contributed by atoms with Gasteiger partial charge in [-0.25, -0.2) is 0 Å². The van der Waals surface area contributed by atoms with Crippen LogP contribution >= 0.6 is 0 Å². The predicted octanol–water partition coefficient (Wildman–Crippen LogP) is 1.52. The fourth-order valence-electron chi connectivity index (χ4n) is 4.57. The van der Waals surface area contributed by atoms with Crippen LogP contribution in [0.15, 0.2) is 30.3 Å². The topological polar surface area (TPSA) is 133 Å². The normalized spacial score (nSPS) is 29.6. The Morgan fingerprint density at radius 2 is 1.47 bits per heavy atom. The first kappa shape index (κ1) is 26.5. The van der Waals surface area contributed by atoms with Crippen LogP contribution in [0.5, 0.6) is 0 Å². The van der Waals surface area contributed by atoms with Crippen molar-refractivity contribution >= 4 is 17.7 Å². The number of hydrazine groups is 1. The smallest absolute Gasteiger partial charge is 0.270 e. The lowest BCUT2D eigenvalue weighted by molar-refractivity contribution is -0.231. The summed E-state index contributed by atoms with van der Waals surface area (Å²) in [6.07, 6.45) is -1.33. The van der Waals surface area contributed by atoms with Gasteiger partial charge in [0.2, 0.25) is 5.91 Å². The molecule has 198 valence electrons. The van der Waals surface area contributed by atoms with Crippen LogP contribution in [0, 0.1) is 0 Å². The molecule has 11 nitrogen and oxygen atoms in total. The summed E-state index contributed by atoms with van der Waals surface area (Å²) in [7, 11) is 0. The number of benzene rings is 1. The molecule has 1 aromatic rings. The Morgan fingerprint density at radius 1 is 0.806 bits per heavy atom. The van der Waals surface area contributed by atoms with E-state index in [1.807, 2.05) is 18.2 Å². The van der Waals surface area contributed by atoms with Gasteiger partial charge in [-0.3, -0.25) is 25.2 Å². The van der Waals surface area contributed by atoms with Gasteiger partial charge in [-0.15, -0.1) is 0 Å². The number of rotatable bonds is 8. The SMILES string of the molecule is CC1(C)O[C@H]2[C@@H](O1)[C@@H](C(=O)NNC(=O)CCCCCNC(=O)c1ccccc1)O[C@H]1OC(C)(C)O[C@@H]12. The van der Waals surface area contributed by atoms with Gasteiger partial charge in [0, 0.05) is 18.5 Å². The van der Waals surface area contributed by atoms with E-state index in [-0.39, 0.29) is 18.2 Å². The first-order valence-electron chi connectivity index (χ1n) is 12.3. The maximum absolute atomic E-state index is 12.9. The number of hydrogen-bond acceptors (Lipinski definition) is 8. The van der Waals surface area contributed by atoms with Crippen LogP contribution in [0.25, 0.3) is 0 Å². The summed E-state index contributed by atoms with van der Waals surface area (Å²) in [5.41, 5.74) is 5.47. The summed E-state index contributed by atoms with van der Waals surface area (Å²) in [5.74, 6) is -2.82. The molecule has 3 N–H and O–H groups in total. The van der Waals surface area contributed by atoms with Crippen molar-refractivity contribution in [3.8, 4) is 0 Å². The molecule has 3 fully saturated rings. The minimum atomic E-state index is -1.05. The third-order valence-corrected chi connectivity index (χ3v) is 6.14. The van der Waals surface area contributed by atoms with Crippen molar-refractivity contribution in [1.82, 2.24) is 16.2 Å². The van der Waals surface area contributed by atoms with Crippen LogP contribution in [0.3, 0.4) is 0 Å². The number of unbranched alkanes of at least 4 members (excludes halogenated alkanes) is 2. The molecule has 0 aromatic heterocycles. The maximum atomic E-state index is 12.9. The highest BCUT2D eigenvalue weighted by atomic mass is 16.9.